The molecule has 0 amide bonds. The lowest BCUT2D eigenvalue weighted by molar-refractivity contribution is -0.0510. The number of benzene rings is 1. The molecule has 88 valence electrons. The first kappa shape index (κ1) is 11.9. The van der Waals surface area contributed by atoms with Gasteiger partial charge in [0.1, 0.15) is 0 Å². The van der Waals surface area contributed by atoms with Crippen molar-refractivity contribution in [2.45, 2.75) is 25.6 Å². The van der Waals surface area contributed by atoms with E-state index in [9.17, 15) is 0 Å². The summed E-state index contributed by atoms with van der Waals surface area (Å²) in [5, 5.41) is 0. The number of rotatable bonds is 3. The summed E-state index contributed by atoms with van der Waals surface area (Å²) in [4.78, 5) is 2.44. The van der Waals surface area contributed by atoms with E-state index in [1.807, 2.05) is 6.07 Å². The van der Waals surface area contributed by atoms with Gasteiger partial charge in [0, 0.05) is 25.0 Å². The first-order valence-electron chi connectivity index (χ1n) is 5.75. The number of ether oxygens (including phenoxy) is 1. The van der Waals surface area contributed by atoms with Gasteiger partial charge in [0.15, 0.2) is 0 Å². The highest BCUT2D eigenvalue weighted by Gasteiger charge is 2.25. The van der Waals surface area contributed by atoms with Gasteiger partial charge in [-0.15, -0.1) is 11.6 Å². The Morgan fingerprint density at radius 3 is 2.81 bits per heavy atom. The second-order valence-electron chi connectivity index (χ2n) is 4.37. The third kappa shape index (κ3) is 2.97. The lowest BCUT2D eigenvalue weighted by atomic mass is 10.1. The van der Waals surface area contributed by atoms with Crippen LogP contribution in [0, 0.1) is 0 Å². The van der Waals surface area contributed by atoms with Gasteiger partial charge in [-0.3, -0.25) is 4.90 Å². The molecule has 0 saturated carbocycles. The molecule has 2 atom stereocenters. The average molecular weight is 240 g/mol. The van der Waals surface area contributed by atoms with Gasteiger partial charge in [-0.2, -0.15) is 0 Å². The number of hydrogen-bond donors (Lipinski definition) is 0. The zero-order valence-electron chi connectivity index (χ0n) is 9.60. The molecule has 1 saturated heterocycles. The maximum atomic E-state index is 5.84. The smallest absolute Gasteiger partial charge is 0.0838 e. The second-order valence-corrected chi connectivity index (χ2v) is 4.68. The predicted octanol–water partition coefficient (Wildman–Crippen LogP) is 2.51. The molecular formula is C13H18ClNO. The summed E-state index contributed by atoms with van der Waals surface area (Å²) in [5.41, 5.74) is 1.35. The van der Waals surface area contributed by atoms with Gasteiger partial charge >= 0.3 is 0 Å². The van der Waals surface area contributed by atoms with Crippen molar-refractivity contribution in [3.8, 4) is 0 Å². The summed E-state index contributed by atoms with van der Waals surface area (Å²) in [6, 6.07) is 11.0. The fourth-order valence-electron chi connectivity index (χ4n) is 2.01. The number of nitrogens with zero attached hydrogens (tertiary/aromatic N) is 1. The summed E-state index contributed by atoms with van der Waals surface area (Å²) in [6.07, 6.45) is 0.182. The van der Waals surface area contributed by atoms with E-state index in [4.69, 9.17) is 16.3 Å². The number of alkyl halides is 1. The van der Waals surface area contributed by atoms with Gasteiger partial charge in [-0.1, -0.05) is 30.3 Å². The quantitative estimate of drug-likeness (QED) is 0.752. The predicted molar refractivity (Wildman–Crippen MR) is 66.8 cm³/mol. The Hall–Kier alpha value is -0.570. The molecule has 3 heteroatoms. The van der Waals surface area contributed by atoms with Crippen LogP contribution in [0.1, 0.15) is 12.5 Å². The SMILES string of the molecule is C[C@@H]1COC(CCl)CN1Cc1ccccc1. The summed E-state index contributed by atoms with van der Waals surface area (Å²) in [6.45, 7) is 4.90. The van der Waals surface area contributed by atoms with Gasteiger partial charge in [-0.25, -0.2) is 0 Å². The molecule has 1 aromatic carbocycles. The molecule has 1 fully saturated rings. The molecule has 0 N–H and O–H groups in total. The zero-order chi connectivity index (χ0) is 11.4. The average Bonchev–Trinajstić information content (AvgIpc) is 2.33. The molecule has 0 bridgehead atoms. The van der Waals surface area contributed by atoms with Crippen molar-refractivity contribution in [1.29, 1.82) is 0 Å². The molecular weight excluding hydrogens is 222 g/mol. The van der Waals surface area contributed by atoms with Gasteiger partial charge < -0.3 is 4.74 Å². The van der Waals surface area contributed by atoms with Crippen molar-refractivity contribution in [2.24, 2.45) is 0 Å². The monoisotopic (exact) mass is 239 g/mol. The lowest BCUT2D eigenvalue weighted by Gasteiger charge is -2.37. The van der Waals surface area contributed by atoms with Gasteiger partial charge in [0.05, 0.1) is 12.7 Å². The molecule has 1 aliphatic heterocycles. The number of hydrogen-bond acceptors (Lipinski definition) is 2. The van der Waals surface area contributed by atoms with Crippen LogP contribution in [0.2, 0.25) is 0 Å². The Labute approximate surface area is 102 Å². The van der Waals surface area contributed by atoms with E-state index in [0.29, 0.717) is 11.9 Å². The molecule has 2 nitrogen and oxygen atoms in total. The fourth-order valence-corrected chi connectivity index (χ4v) is 2.19. The van der Waals surface area contributed by atoms with E-state index in [1.165, 1.54) is 5.56 Å². The van der Waals surface area contributed by atoms with Crippen LogP contribution in [0.25, 0.3) is 0 Å². The molecule has 1 heterocycles. The normalized spacial score (nSPS) is 26.9. The number of morpholine rings is 1. The highest BCUT2D eigenvalue weighted by molar-refractivity contribution is 6.18. The van der Waals surface area contributed by atoms with E-state index >= 15 is 0 Å². The fraction of sp³-hybridized carbons (Fsp3) is 0.538. The second kappa shape index (κ2) is 5.67. The summed E-state index contributed by atoms with van der Waals surface area (Å²) < 4.78 is 5.63. The van der Waals surface area contributed by atoms with Crippen LogP contribution in [-0.2, 0) is 11.3 Å². The van der Waals surface area contributed by atoms with E-state index in [-0.39, 0.29) is 6.10 Å². The minimum atomic E-state index is 0.182. The number of halogens is 1. The van der Waals surface area contributed by atoms with Crippen LogP contribution in [0.4, 0.5) is 0 Å². The van der Waals surface area contributed by atoms with E-state index in [2.05, 4.69) is 36.1 Å². The van der Waals surface area contributed by atoms with Crippen LogP contribution in [0.3, 0.4) is 0 Å². The molecule has 0 spiro atoms. The molecule has 2 rings (SSSR count). The standard InChI is InChI=1S/C13H18ClNO/c1-11-10-16-13(7-14)9-15(11)8-12-5-3-2-4-6-12/h2-6,11,13H,7-10H2,1H3/t11-,13?/m1/s1. The Morgan fingerprint density at radius 2 is 2.12 bits per heavy atom. The van der Waals surface area contributed by atoms with Gasteiger partial charge in [0.2, 0.25) is 0 Å². The van der Waals surface area contributed by atoms with Crippen molar-refractivity contribution in [3.05, 3.63) is 35.9 Å². The molecule has 0 aliphatic carbocycles. The highest BCUT2D eigenvalue weighted by Crippen LogP contribution is 2.16. The Bertz CT molecular complexity index is 317. The highest BCUT2D eigenvalue weighted by atomic mass is 35.5. The Balaban J connectivity index is 1.97. The third-order valence-corrected chi connectivity index (χ3v) is 3.38. The topological polar surface area (TPSA) is 12.5 Å². The third-order valence-electron chi connectivity index (χ3n) is 3.04. The van der Waals surface area contributed by atoms with Crippen LogP contribution in [-0.4, -0.2) is 36.1 Å². The summed E-state index contributed by atoms with van der Waals surface area (Å²) in [7, 11) is 0. The van der Waals surface area contributed by atoms with Crippen molar-refractivity contribution < 1.29 is 4.74 Å². The van der Waals surface area contributed by atoms with Crippen LogP contribution < -0.4 is 0 Å². The molecule has 16 heavy (non-hydrogen) atoms. The largest absolute Gasteiger partial charge is 0.374 e. The molecule has 1 unspecified atom stereocenters. The maximum absolute atomic E-state index is 5.84. The molecule has 0 aromatic heterocycles. The van der Waals surface area contributed by atoms with E-state index in [1.54, 1.807) is 0 Å². The van der Waals surface area contributed by atoms with Crippen molar-refractivity contribution in [2.75, 3.05) is 19.0 Å². The van der Waals surface area contributed by atoms with E-state index < -0.39 is 0 Å². The first-order chi connectivity index (χ1) is 7.79. The van der Waals surface area contributed by atoms with Crippen LogP contribution >= 0.6 is 11.6 Å². The lowest BCUT2D eigenvalue weighted by Crippen LogP contribution is -2.48. The van der Waals surface area contributed by atoms with E-state index in [0.717, 1.165) is 19.7 Å². The minimum Gasteiger partial charge on any atom is -0.374 e. The van der Waals surface area contributed by atoms with Crippen molar-refractivity contribution >= 4 is 11.6 Å². The van der Waals surface area contributed by atoms with Gasteiger partial charge in [-0.05, 0) is 12.5 Å². The first-order valence-corrected chi connectivity index (χ1v) is 6.28. The molecule has 1 aromatic rings. The molecule has 0 radical (unpaired) electrons. The molecule has 1 aliphatic rings. The van der Waals surface area contributed by atoms with Gasteiger partial charge in [0.25, 0.3) is 0 Å². The summed E-state index contributed by atoms with van der Waals surface area (Å²) in [5.74, 6) is 0.581. The zero-order valence-corrected chi connectivity index (χ0v) is 10.4. The maximum Gasteiger partial charge on any atom is 0.0838 e. The Kier molecular flexibility index (Phi) is 4.22. The Morgan fingerprint density at radius 1 is 1.38 bits per heavy atom. The van der Waals surface area contributed by atoms with Crippen molar-refractivity contribution in [1.82, 2.24) is 4.90 Å². The van der Waals surface area contributed by atoms with Crippen LogP contribution in [0.5, 0.6) is 0 Å². The van der Waals surface area contributed by atoms with Crippen LogP contribution in [0.15, 0.2) is 30.3 Å². The summed E-state index contributed by atoms with van der Waals surface area (Å²) >= 11 is 5.84. The minimum absolute atomic E-state index is 0.182. The van der Waals surface area contributed by atoms with Crippen molar-refractivity contribution in [3.63, 3.8) is 0 Å².